The summed E-state index contributed by atoms with van der Waals surface area (Å²) >= 11 is 1.52. The van der Waals surface area contributed by atoms with Crippen molar-refractivity contribution >= 4 is 28.3 Å². The molecule has 6 nitrogen and oxygen atoms in total. The zero-order valence-electron chi connectivity index (χ0n) is 13.8. The topological polar surface area (TPSA) is 65.5 Å². The molecule has 0 aliphatic carbocycles. The van der Waals surface area contributed by atoms with Crippen LogP contribution in [0.5, 0.6) is 0 Å². The number of thiazole rings is 1. The Morgan fingerprint density at radius 2 is 2.04 bits per heavy atom. The summed E-state index contributed by atoms with van der Waals surface area (Å²) in [6.07, 6.45) is 3.07. The van der Waals surface area contributed by atoms with Gasteiger partial charge in [-0.25, -0.2) is 4.98 Å². The normalized spacial score (nSPS) is 19.5. The van der Waals surface area contributed by atoms with Gasteiger partial charge in [0.1, 0.15) is 0 Å². The zero-order chi connectivity index (χ0) is 16.4. The molecule has 1 N–H and O–H groups in total. The molecule has 0 radical (unpaired) electrons. The highest BCUT2D eigenvalue weighted by molar-refractivity contribution is 7.15. The Morgan fingerprint density at radius 3 is 2.74 bits per heavy atom. The minimum Gasteiger partial charge on any atom is -0.342 e. The van der Waals surface area contributed by atoms with Crippen molar-refractivity contribution in [1.29, 1.82) is 0 Å². The summed E-state index contributed by atoms with van der Waals surface area (Å²) < 4.78 is 0. The van der Waals surface area contributed by atoms with Gasteiger partial charge in [-0.1, -0.05) is 6.92 Å². The van der Waals surface area contributed by atoms with E-state index in [4.69, 9.17) is 0 Å². The Kier molecular flexibility index (Phi) is 4.96. The third-order valence-corrected chi connectivity index (χ3v) is 5.59. The van der Waals surface area contributed by atoms with Crippen LogP contribution in [-0.4, -0.2) is 52.8 Å². The molecule has 2 amide bonds. The van der Waals surface area contributed by atoms with Crippen LogP contribution in [0.2, 0.25) is 0 Å². The van der Waals surface area contributed by atoms with Crippen LogP contribution in [0.1, 0.15) is 37.3 Å². The summed E-state index contributed by atoms with van der Waals surface area (Å²) in [5, 5.41) is 3.42. The van der Waals surface area contributed by atoms with Gasteiger partial charge in [0.2, 0.25) is 11.8 Å². The van der Waals surface area contributed by atoms with E-state index < -0.39 is 0 Å². The molecule has 3 rings (SSSR count). The van der Waals surface area contributed by atoms with Crippen LogP contribution in [0.15, 0.2) is 0 Å². The van der Waals surface area contributed by atoms with Crippen LogP contribution in [0.25, 0.3) is 0 Å². The molecule has 23 heavy (non-hydrogen) atoms. The lowest BCUT2D eigenvalue weighted by Gasteiger charge is -2.33. The summed E-state index contributed by atoms with van der Waals surface area (Å²) in [5.74, 6) is 0.885. The first-order valence-corrected chi connectivity index (χ1v) is 9.09. The number of likely N-dealkylation sites (tertiary alicyclic amines) is 1. The first kappa shape index (κ1) is 16.4. The molecule has 1 fully saturated rings. The fourth-order valence-corrected chi connectivity index (χ4v) is 4.23. The van der Waals surface area contributed by atoms with Gasteiger partial charge < -0.3 is 10.2 Å². The molecule has 0 spiro atoms. The summed E-state index contributed by atoms with van der Waals surface area (Å²) in [5.41, 5.74) is 1.06. The molecule has 0 unspecified atom stereocenters. The van der Waals surface area contributed by atoms with Crippen molar-refractivity contribution in [3.8, 4) is 0 Å². The standard InChI is InChI=1S/C16H24N4O2S/c1-11-3-7-20(8-4-11)15(22)10-19-6-5-13-14(9-19)23-16(18-13)17-12(2)21/h11H,3-10H2,1-2H3,(H,17,18,21). The quantitative estimate of drug-likeness (QED) is 0.913. The molecular weight excluding hydrogens is 312 g/mol. The number of piperidine rings is 1. The largest absolute Gasteiger partial charge is 0.342 e. The van der Waals surface area contributed by atoms with Crippen molar-refractivity contribution in [2.45, 2.75) is 39.7 Å². The van der Waals surface area contributed by atoms with E-state index in [1.54, 1.807) is 0 Å². The number of anilines is 1. The van der Waals surface area contributed by atoms with Crippen LogP contribution in [0.3, 0.4) is 0 Å². The fraction of sp³-hybridized carbons (Fsp3) is 0.688. The molecule has 1 saturated heterocycles. The van der Waals surface area contributed by atoms with Gasteiger partial charge in [-0.05, 0) is 18.8 Å². The number of rotatable bonds is 3. The Labute approximate surface area is 140 Å². The highest BCUT2D eigenvalue weighted by Crippen LogP contribution is 2.28. The third-order valence-electron chi connectivity index (χ3n) is 4.59. The molecule has 0 aromatic carbocycles. The minimum absolute atomic E-state index is 0.0949. The first-order chi connectivity index (χ1) is 11.0. The number of hydrogen-bond donors (Lipinski definition) is 1. The number of amides is 2. The van der Waals surface area contributed by atoms with E-state index >= 15 is 0 Å². The lowest BCUT2D eigenvalue weighted by atomic mass is 9.99. The third kappa shape index (κ3) is 4.09. The van der Waals surface area contributed by atoms with Crippen molar-refractivity contribution in [2.75, 3.05) is 31.5 Å². The van der Waals surface area contributed by atoms with Crippen LogP contribution >= 0.6 is 11.3 Å². The molecule has 7 heteroatoms. The Hall–Kier alpha value is -1.47. The van der Waals surface area contributed by atoms with Crippen LogP contribution < -0.4 is 5.32 Å². The average molecular weight is 336 g/mol. The lowest BCUT2D eigenvalue weighted by Crippen LogP contribution is -2.44. The number of carbonyl (C=O) groups is 2. The molecule has 0 saturated carbocycles. The fourth-order valence-electron chi connectivity index (χ4n) is 3.14. The number of aromatic nitrogens is 1. The van der Waals surface area contributed by atoms with E-state index in [9.17, 15) is 9.59 Å². The summed E-state index contributed by atoms with van der Waals surface area (Å²) in [4.78, 5) is 33.4. The molecule has 2 aliphatic rings. The maximum Gasteiger partial charge on any atom is 0.236 e. The van der Waals surface area contributed by atoms with Gasteiger partial charge in [-0.2, -0.15) is 0 Å². The Balaban J connectivity index is 1.55. The van der Waals surface area contributed by atoms with Gasteiger partial charge in [0, 0.05) is 44.4 Å². The van der Waals surface area contributed by atoms with E-state index in [0.717, 1.165) is 57.1 Å². The van der Waals surface area contributed by atoms with E-state index in [-0.39, 0.29) is 11.8 Å². The van der Waals surface area contributed by atoms with Crippen LogP contribution in [0, 0.1) is 5.92 Å². The second kappa shape index (κ2) is 6.97. The van der Waals surface area contributed by atoms with E-state index in [1.807, 2.05) is 4.90 Å². The molecule has 126 valence electrons. The monoisotopic (exact) mass is 336 g/mol. The van der Waals surface area contributed by atoms with Crippen molar-refractivity contribution < 1.29 is 9.59 Å². The van der Waals surface area contributed by atoms with E-state index in [1.165, 1.54) is 23.1 Å². The van der Waals surface area contributed by atoms with Crippen molar-refractivity contribution in [3.63, 3.8) is 0 Å². The molecule has 1 aromatic heterocycles. The minimum atomic E-state index is -0.0949. The van der Waals surface area contributed by atoms with Crippen LogP contribution in [0.4, 0.5) is 5.13 Å². The van der Waals surface area contributed by atoms with Gasteiger partial charge in [-0.15, -0.1) is 11.3 Å². The summed E-state index contributed by atoms with van der Waals surface area (Å²) in [7, 11) is 0. The maximum atomic E-state index is 12.5. The van der Waals surface area contributed by atoms with Crippen LogP contribution in [-0.2, 0) is 22.6 Å². The van der Waals surface area contributed by atoms with Gasteiger partial charge in [0.05, 0.1) is 12.2 Å². The lowest BCUT2D eigenvalue weighted by molar-refractivity contribution is -0.134. The molecule has 0 bridgehead atoms. The zero-order valence-corrected chi connectivity index (χ0v) is 14.6. The Bertz CT molecular complexity index is 593. The predicted octanol–water partition coefficient (Wildman–Crippen LogP) is 1.72. The number of nitrogens with one attached hydrogen (secondary N) is 1. The van der Waals surface area contributed by atoms with Gasteiger partial charge in [0.15, 0.2) is 5.13 Å². The number of hydrogen-bond acceptors (Lipinski definition) is 5. The number of nitrogens with zero attached hydrogens (tertiary/aromatic N) is 3. The predicted molar refractivity (Wildman–Crippen MR) is 90.4 cm³/mol. The summed E-state index contributed by atoms with van der Waals surface area (Å²) in [6.45, 7) is 7.63. The highest BCUT2D eigenvalue weighted by Gasteiger charge is 2.26. The smallest absolute Gasteiger partial charge is 0.236 e. The highest BCUT2D eigenvalue weighted by atomic mass is 32.1. The van der Waals surface area contributed by atoms with Crippen molar-refractivity contribution in [3.05, 3.63) is 10.6 Å². The molecule has 3 heterocycles. The molecule has 1 aromatic rings. The van der Waals surface area contributed by atoms with Crippen molar-refractivity contribution in [1.82, 2.24) is 14.8 Å². The number of carbonyl (C=O) groups excluding carboxylic acids is 2. The summed E-state index contributed by atoms with van der Waals surface area (Å²) in [6, 6.07) is 0. The van der Waals surface area contributed by atoms with Gasteiger partial charge in [-0.3, -0.25) is 14.5 Å². The first-order valence-electron chi connectivity index (χ1n) is 8.27. The average Bonchev–Trinajstić information content (AvgIpc) is 2.88. The molecular formula is C16H24N4O2S. The molecule has 2 aliphatic heterocycles. The van der Waals surface area contributed by atoms with Gasteiger partial charge in [0.25, 0.3) is 0 Å². The number of fused-ring (bicyclic) bond motifs is 1. The molecule has 0 atom stereocenters. The second-order valence-electron chi connectivity index (χ2n) is 6.59. The SMILES string of the molecule is CC(=O)Nc1nc2c(s1)CN(CC(=O)N1CCC(C)CC1)CC2. The van der Waals surface area contributed by atoms with E-state index in [0.29, 0.717) is 11.7 Å². The van der Waals surface area contributed by atoms with Crippen molar-refractivity contribution in [2.24, 2.45) is 5.92 Å². The van der Waals surface area contributed by atoms with E-state index in [2.05, 4.69) is 22.1 Å². The van der Waals surface area contributed by atoms with Gasteiger partial charge >= 0.3 is 0 Å². The second-order valence-corrected chi connectivity index (χ2v) is 7.68. The Morgan fingerprint density at radius 1 is 1.30 bits per heavy atom. The maximum absolute atomic E-state index is 12.5.